The van der Waals surface area contributed by atoms with E-state index in [1.54, 1.807) is 22.7 Å². The number of hydrogen-bond acceptors (Lipinski definition) is 6. The fraction of sp³-hybridized carbons (Fsp3) is 0.333. The highest BCUT2D eigenvalue weighted by atomic mass is 32.1. The highest BCUT2D eigenvalue weighted by Crippen LogP contribution is 2.30. The summed E-state index contributed by atoms with van der Waals surface area (Å²) in [5, 5.41) is 8.28. The van der Waals surface area contributed by atoms with Gasteiger partial charge in [0.05, 0.1) is 11.4 Å². The van der Waals surface area contributed by atoms with E-state index in [0.29, 0.717) is 11.9 Å². The predicted molar refractivity (Wildman–Crippen MR) is 84.2 cm³/mol. The Morgan fingerprint density at radius 1 is 1.14 bits per heavy atom. The van der Waals surface area contributed by atoms with Gasteiger partial charge in [0, 0.05) is 17.5 Å². The van der Waals surface area contributed by atoms with Gasteiger partial charge >= 0.3 is 0 Å². The second-order valence-electron chi connectivity index (χ2n) is 5.21. The summed E-state index contributed by atoms with van der Waals surface area (Å²) in [5.74, 6) is 1.41. The Labute approximate surface area is 131 Å². The molecule has 108 valence electrons. The number of rotatable bonds is 6. The molecule has 1 aliphatic carbocycles. The topological polar surface area (TPSA) is 42.2 Å². The van der Waals surface area contributed by atoms with Crippen LogP contribution in [0.2, 0.25) is 0 Å². The molecule has 21 heavy (non-hydrogen) atoms. The van der Waals surface area contributed by atoms with Crippen LogP contribution in [0.1, 0.15) is 23.5 Å². The molecule has 1 fully saturated rings. The molecule has 0 aromatic carbocycles. The lowest BCUT2D eigenvalue weighted by molar-refractivity contribution is 0.237. The zero-order valence-corrected chi connectivity index (χ0v) is 13.1. The molecule has 4 rings (SSSR count). The monoisotopic (exact) mass is 317 g/mol. The Balaban J connectivity index is 1.48. The van der Waals surface area contributed by atoms with Crippen molar-refractivity contribution in [3.63, 3.8) is 0 Å². The van der Waals surface area contributed by atoms with Crippen molar-refractivity contribution in [1.82, 2.24) is 15.0 Å². The maximum Gasteiger partial charge on any atom is 0.268 e. The summed E-state index contributed by atoms with van der Waals surface area (Å²) >= 11 is 3.43. The molecule has 3 aromatic rings. The molecule has 0 radical (unpaired) electrons. The minimum absolute atomic E-state index is 0.631. The van der Waals surface area contributed by atoms with Crippen molar-refractivity contribution in [3.05, 3.63) is 45.7 Å². The Hall–Kier alpha value is -1.50. The second-order valence-corrected chi connectivity index (χ2v) is 7.19. The van der Waals surface area contributed by atoms with Crippen molar-refractivity contribution in [2.24, 2.45) is 0 Å². The summed E-state index contributed by atoms with van der Waals surface area (Å²) < 4.78 is 5.37. The van der Waals surface area contributed by atoms with Crippen molar-refractivity contribution >= 4 is 22.7 Å². The largest absolute Gasteiger partial charge is 0.333 e. The first-order valence-corrected chi connectivity index (χ1v) is 8.77. The molecule has 0 spiro atoms. The summed E-state index contributed by atoms with van der Waals surface area (Å²) in [6, 6.07) is 8.97. The Bertz CT molecular complexity index is 686. The second kappa shape index (κ2) is 5.71. The quantitative estimate of drug-likeness (QED) is 0.688. The summed E-state index contributed by atoms with van der Waals surface area (Å²) in [6.07, 6.45) is 2.56. The van der Waals surface area contributed by atoms with E-state index in [2.05, 4.69) is 32.6 Å². The van der Waals surface area contributed by atoms with Crippen molar-refractivity contribution in [2.75, 3.05) is 0 Å². The van der Waals surface area contributed by atoms with Crippen molar-refractivity contribution < 1.29 is 4.52 Å². The molecule has 0 atom stereocenters. The zero-order valence-electron chi connectivity index (χ0n) is 11.4. The number of hydrogen-bond donors (Lipinski definition) is 0. The van der Waals surface area contributed by atoms with Crippen LogP contribution in [0.4, 0.5) is 0 Å². The molecular weight excluding hydrogens is 302 g/mol. The number of aromatic nitrogens is 2. The van der Waals surface area contributed by atoms with Gasteiger partial charge in [0.25, 0.3) is 5.89 Å². The molecule has 4 nitrogen and oxygen atoms in total. The minimum Gasteiger partial charge on any atom is -0.333 e. The van der Waals surface area contributed by atoms with Crippen molar-refractivity contribution in [1.29, 1.82) is 0 Å². The van der Waals surface area contributed by atoms with Crippen LogP contribution in [-0.2, 0) is 13.1 Å². The maximum absolute atomic E-state index is 5.37. The van der Waals surface area contributed by atoms with E-state index in [4.69, 9.17) is 4.52 Å². The van der Waals surface area contributed by atoms with E-state index in [1.807, 2.05) is 17.5 Å². The Morgan fingerprint density at radius 3 is 2.71 bits per heavy atom. The summed E-state index contributed by atoms with van der Waals surface area (Å²) in [5.41, 5.74) is 0. The van der Waals surface area contributed by atoms with E-state index in [-0.39, 0.29) is 0 Å². The molecule has 0 amide bonds. The summed E-state index contributed by atoms with van der Waals surface area (Å²) in [6.45, 7) is 1.74. The van der Waals surface area contributed by atoms with Crippen LogP contribution >= 0.6 is 22.7 Å². The maximum atomic E-state index is 5.37. The van der Waals surface area contributed by atoms with Gasteiger partial charge in [-0.25, -0.2) is 0 Å². The fourth-order valence-corrected chi connectivity index (χ4v) is 3.73. The van der Waals surface area contributed by atoms with Gasteiger partial charge in [-0.1, -0.05) is 17.3 Å². The average molecular weight is 317 g/mol. The molecule has 0 aliphatic heterocycles. The molecule has 0 unspecified atom stereocenters. The van der Waals surface area contributed by atoms with E-state index in [1.165, 1.54) is 17.7 Å². The average Bonchev–Trinajstić information content (AvgIpc) is 2.93. The van der Waals surface area contributed by atoms with Crippen LogP contribution in [0.3, 0.4) is 0 Å². The summed E-state index contributed by atoms with van der Waals surface area (Å²) in [4.78, 5) is 9.40. The third-order valence-corrected chi connectivity index (χ3v) is 5.27. The first kappa shape index (κ1) is 13.2. The lowest BCUT2D eigenvalue weighted by Crippen LogP contribution is -2.25. The Morgan fingerprint density at radius 2 is 2.00 bits per heavy atom. The van der Waals surface area contributed by atoms with Gasteiger partial charge in [0.15, 0.2) is 5.82 Å². The van der Waals surface area contributed by atoms with E-state index in [0.717, 1.165) is 23.8 Å². The zero-order chi connectivity index (χ0) is 14.1. The lowest BCUT2D eigenvalue weighted by atomic mass is 10.3. The third kappa shape index (κ3) is 3.07. The van der Waals surface area contributed by atoms with Gasteiger partial charge < -0.3 is 4.52 Å². The van der Waals surface area contributed by atoms with Crippen molar-refractivity contribution in [3.8, 4) is 10.8 Å². The highest BCUT2D eigenvalue weighted by Gasteiger charge is 2.30. The van der Waals surface area contributed by atoms with Crippen LogP contribution < -0.4 is 0 Å². The fourth-order valence-electron chi connectivity index (χ4n) is 2.36. The van der Waals surface area contributed by atoms with Gasteiger partial charge in [-0.05, 0) is 35.7 Å². The third-order valence-electron chi connectivity index (χ3n) is 3.55. The molecule has 1 aliphatic rings. The van der Waals surface area contributed by atoms with Gasteiger partial charge in [-0.3, -0.25) is 4.90 Å². The van der Waals surface area contributed by atoms with E-state index < -0.39 is 0 Å². The van der Waals surface area contributed by atoms with Gasteiger partial charge in [-0.2, -0.15) is 4.98 Å². The normalized spacial score (nSPS) is 14.9. The molecule has 6 heteroatoms. The van der Waals surface area contributed by atoms with Crippen LogP contribution in [0, 0.1) is 0 Å². The van der Waals surface area contributed by atoms with Crippen molar-refractivity contribution in [2.45, 2.75) is 32.0 Å². The Kier molecular flexibility index (Phi) is 3.58. The molecule has 0 saturated heterocycles. The standard InChI is InChI=1S/C15H15N3OS2/c1-3-12(20-7-1)9-18(11-5-6-11)10-14-16-15(19-17-14)13-4-2-8-21-13/h1-4,7-8,11H,5-6,9-10H2. The van der Waals surface area contributed by atoms with Crippen LogP contribution in [-0.4, -0.2) is 21.1 Å². The lowest BCUT2D eigenvalue weighted by Gasteiger charge is -2.18. The van der Waals surface area contributed by atoms with Crippen LogP contribution in [0.15, 0.2) is 39.5 Å². The minimum atomic E-state index is 0.631. The molecule has 3 heterocycles. The smallest absolute Gasteiger partial charge is 0.268 e. The van der Waals surface area contributed by atoms with E-state index in [9.17, 15) is 0 Å². The van der Waals surface area contributed by atoms with Gasteiger partial charge in [0.2, 0.25) is 0 Å². The van der Waals surface area contributed by atoms with Crippen LogP contribution in [0.25, 0.3) is 10.8 Å². The van der Waals surface area contributed by atoms with Crippen LogP contribution in [0.5, 0.6) is 0 Å². The molecule has 0 N–H and O–H groups in total. The predicted octanol–water partition coefficient (Wildman–Crippen LogP) is 4.02. The van der Waals surface area contributed by atoms with Gasteiger partial charge in [-0.15, -0.1) is 22.7 Å². The number of thiophene rings is 2. The highest BCUT2D eigenvalue weighted by molar-refractivity contribution is 7.13. The molecule has 0 bridgehead atoms. The SMILES string of the molecule is c1csc(CN(Cc2noc(-c3cccs3)n2)C2CC2)c1. The van der Waals surface area contributed by atoms with E-state index >= 15 is 0 Å². The summed E-state index contributed by atoms with van der Waals surface area (Å²) in [7, 11) is 0. The first-order valence-electron chi connectivity index (χ1n) is 7.01. The molecule has 3 aromatic heterocycles. The van der Waals surface area contributed by atoms with Gasteiger partial charge in [0.1, 0.15) is 0 Å². The number of nitrogens with zero attached hydrogens (tertiary/aromatic N) is 3. The molecular formula is C15H15N3OS2. The molecule has 1 saturated carbocycles. The first-order chi connectivity index (χ1) is 10.4.